The molecular weight excluding hydrogens is 438 g/mol. The van der Waals surface area contributed by atoms with Gasteiger partial charge in [-0.2, -0.15) is 0 Å². The minimum absolute atomic E-state index is 0.223. The summed E-state index contributed by atoms with van der Waals surface area (Å²) in [4.78, 5) is 24.4. The van der Waals surface area contributed by atoms with E-state index in [-0.39, 0.29) is 19.2 Å². The molecule has 0 spiro atoms. The summed E-state index contributed by atoms with van der Waals surface area (Å²) in [5.41, 5.74) is 3.04. The van der Waals surface area contributed by atoms with Gasteiger partial charge in [0.2, 0.25) is 0 Å². The molecule has 1 aliphatic heterocycles. The Hall–Kier alpha value is -4.34. The minimum atomic E-state index is -0.621. The van der Waals surface area contributed by atoms with Crippen molar-refractivity contribution in [3.05, 3.63) is 77.3 Å². The second kappa shape index (κ2) is 10.1. The fourth-order valence-corrected chi connectivity index (χ4v) is 3.58. The fourth-order valence-electron chi connectivity index (χ4n) is 3.58. The number of nitrogens with zero attached hydrogens (tertiary/aromatic N) is 3. The van der Waals surface area contributed by atoms with Gasteiger partial charge in [0, 0.05) is 11.8 Å². The Morgan fingerprint density at radius 1 is 1.15 bits per heavy atom. The second-order valence-electron chi connectivity index (χ2n) is 7.50. The van der Waals surface area contributed by atoms with Gasteiger partial charge >= 0.3 is 12.0 Å². The van der Waals surface area contributed by atoms with Crippen LogP contribution < -0.4 is 20.1 Å². The lowest BCUT2D eigenvalue weighted by atomic mass is 9.95. The van der Waals surface area contributed by atoms with E-state index in [0.29, 0.717) is 22.7 Å². The van der Waals surface area contributed by atoms with E-state index in [1.54, 1.807) is 56.1 Å². The average molecular weight is 463 g/mol. The number of carbonyl (C=O) groups excluding carboxylic acids is 2. The number of allylic oxidation sites excluding steroid dienone is 1. The van der Waals surface area contributed by atoms with E-state index in [1.807, 2.05) is 24.3 Å². The molecule has 1 aliphatic rings. The first-order chi connectivity index (χ1) is 16.5. The first-order valence-electron chi connectivity index (χ1n) is 10.7. The lowest BCUT2D eigenvalue weighted by Gasteiger charge is -2.28. The summed E-state index contributed by atoms with van der Waals surface area (Å²) < 4.78 is 17.9. The third kappa shape index (κ3) is 5.01. The number of ether oxygens (including phenoxy) is 3. The largest absolute Gasteiger partial charge is 0.497 e. The third-order valence-electron chi connectivity index (χ3n) is 5.22. The van der Waals surface area contributed by atoms with Gasteiger partial charge in [0.05, 0.1) is 37.2 Å². The fraction of sp³-hybridized carbons (Fsp3) is 0.250. The van der Waals surface area contributed by atoms with E-state index in [1.165, 1.54) is 0 Å². The number of hydrogen-bond donors (Lipinski definition) is 2. The molecule has 0 radical (unpaired) electrons. The van der Waals surface area contributed by atoms with Gasteiger partial charge in [-0.05, 0) is 43.7 Å². The highest BCUT2D eigenvalue weighted by Gasteiger charge is 2.32. The number of carbonyl (C=O) groups is 2. The van der Waals surface area contributed by atoms with Crippen LogP contribution in [0.5, 0.6) is 11.5 Å². The van der Waals surface area contributed by atoms with Gasteiger partial charge in [-0.25, -0.2) is 14.3 Å². The number of urea groups is 1. The Morgan fingerprint density at radius 3 is 2.68 bits per heavy atom. The highest BCUT2D eigenvalue weighted by Crippen LogP contribution is 2.29. The minimum Gasteiger partial charge on any atom is -0.497 e. The van der Waals surface area contributed by atoms with E-state index in [0.717, 1.165) is 17.0 Å². The molecular formula is C24H25N5O5. The molecule has 10 heteroatoms. The highest BCUT2D eigenvalue weighted by molar-refractivity contribution is 5.95. The van der Waals surface area contributed by atoms with Gasteiger partial charge in [0.15, 0.2) is 0 Å². The Balaban J connectivity index is 1.44. The normalized spacial score (nSPS) is 15.4. The van der Waals surface area contributed by atoms with E-state index < -0.39 is 12.0 Å². The van der Waals surface area contributed by atoms with Crippen LogP contribution in [0.2, 0.25) is 0 Å². The molecule has 0 aliphatic carbocycles. The predicted molar refractivity (Wildman–Crippen MR) is 122 cm³/mol. The molecule has 2 heterocycles. The van der Waals surface area contributed by atoms with Crippen molar-refractivity contribution < 1.29 is 23.8 Å². The predicted octanol–water partition coefficient (Wildman–Crippen LogP) is 3.05. The number of rotatable bonds is 8. The van der Waals surface area contributed by atoms with Gasteiger partial charge in [-0.15, -0.1) is 5.10 Å². The van der Waals surface area contributed by atoms with Crippen LogP contribution in [-0.4, -0.2) is 40.7 Å². The van der Waals surface area contributed by atoms with E-state index >= 15 is 0 Å². The molecule has 1 unspecified atom stereocenters. The first-order valence-corrected chi connectivity index (χ1v) is 10.7. The van der Waals surface area contributed by atoms with Crippen LogP contribution in [0.4, 0.5) is 4.79 Å². The topological polar surface area (TPSA) is 117 Å². The van der Waals surface area contributed by atoms with Gasteiger partial charge in [-0.1, -0.05) is 23.4 Å². The molecule has 0 fully saturated rings. The van der Waals surface area contributed by atoms with E-state index in [2.05, 4.69) is 20.9 Å². The smallest absolute Gasteiger partial charge is 0.338 e. The number of methoxy groups -OCH3 is 1. The van der Waals surface area contributed by atoms with E-state index in [9.17, 15) is 9.59 Å². The van der Waals surface area contributed by atoms with Crippen LogP contribution in [0.1, 0.15) is 31.1 Å². The van der Waals surface area contributed by atoms with Crippen LogP contribution in [-0.2, 0) is 16.1 Å². The van der Waals surface area contributed by atoms with Gasteiger partial charge in [0.1, 0.15) is 23.8 Å². The Kier molecular flexibility index (Phi) is 6.77. The summed E-state index contributed by atoms with van der Waals surface area (Å²) >= 11 is 0. The lowest BCUT2D eigenvalue weighted by Crippen LogP contribution is -2.45. The Labute approximate surface area is 196 Å². The quantitative estimate of drug-likeness (QED) is 0.493. The van der Waals surface area contributed by atoms with Gasteiger partial charge in [0.25, 0.3) is 0 Å². The summed E-state index contributed by atoms with van der Waals surface area (Å²) in [7, 11) is 1.61. The van der Waals surface area contributed by atoms with Gasteiger partial charge < -0.3 is 24.8 Å². The molecule has 0 saturated heterocycles. The summed E-state index contributed by atoms with van der Waals surface area (Å²) in [5, 5.41) is 13.7. The molecule has 3 aromatic rings. The maximum absolute atomic E-state index is 12.4. The Bertz CT molecular complexity index is 1220. The van der Waals surface area contributed by atoms with Crippen molar-refractivity contribution in [3.63, 3.8) is 0 Å². The molecule has 4 rings (SSSR count). The van der Waals surface area contributed by atoms with E-state index in [4.69, 9.17) is 14.2 Å². The molecule has 1 aromatic heterocycles. The molecule has 176 valence electrons. The van der Waals surface area contributed by atoms with Crippen LogP contribution in [0, 0.1) is 0 Å². The maximum Gasteiger partial charge on any atom is 0.338 e. The number of nitrogens with one attached hydrogen (secondary N) is 2. The summed E-state index contributed by atoms with van der Waals surface area (Å²) in [5.74, 6) is 0.863. The Morgan fingerprint density at radius 2 is 1.94 bits per heavy atom. The van der Waals surface area contributed by atoms with Crippen molar-refractivity contribution in [2.75, 3.05) is 13.7 Å². The zero-order chi connectivity index (χ0) is 24.1. The highest BCUT2D eigenvalue weighted by atomic mass is 16.5. The van der Waals surface area contributed by atoms with Crippen molar-refractivity contribution in [1.29, 1.82) is 0 Å². The molecule has 2 aromatic carbocycles. The van der Waals surface area contributed by atoms with Crippen LogP contribution >= 0.6 is 0 Å². The van der Waals surface area contributed by atoms with Crippen LogP contribution in [0.15, 0.2) is 66.0 Å². The second-order valence-corrected chi connectivity index (χ2v) is 7.50. The SMILES string of the molecule is CCOC(=O)C1=C(C)NC(=O)NC1c1ccc(OCc2cn(-c3cccc(OC)c3)nn2)cc1. The zero-order valence-corrected chi connectivity index (χ0v) is 19.1. The molecule has 2 N–H and O–H groups in total. The zero-order valence-electron chi connectivity index (χ0n) is 19.1. The molecule has 10 nitrogen and oxygen atoms in total. The van der Waals surface area contributed by atoms with Gasteiger partial charge in [-0.3, -0.25) is 0 Å². The van der Waals surface area contributed by atoms with Crippen molar-refractivity contribution in [1.82, 2.24) is 25.6 Å². The number of esters is 1. The average Bonchev–Trinajstić information content (AvgIpc) is 3.32. The van der Waals surface area contributed by atoms with Crippen molar-refractivity contribution in [2.24, 2.45) is 0 Å². The molecule has 0 bridgehead atoms. The van der Waals surface area contributed by atoms with Crippen molar-refractivity contribution in [3.8, 4) is 17.2 Å². The number of hydrogen-bond acceptors (Lipinski definition) is 7. The van der Waals surface area contributed by atoms with Crippen LogP contribution in [0.25, 0.3) is 5.69 Å². The molecule has 0 saturated carbocycles. The lowest BCUT2D eigenvalue weighted by molar-refractivity contribution is -0.139. The molecule has 1 atom stereocenters. The number of benzene rings is 2. The van der Waals surface area contributed by atoms with Crippen molar-refractivity contribution in [2.45, 2.75) is 26.5 Å². The summed E-state index contributed by atoms with van der Waals surface area (Å²) in [6.07, 6.45) is 1.78. The summed E-state index contributed by atoms with van der Waals surface area (Å²) in [6.45, 7) is 3.87. The molecule has 2 amide bonds. The van der Waals surface area contributed by atoms with Crippen molar-refractivity contribution >= 4 is 12.0 Å². The maximum atomic E-state index is 12.4. The first kappa shape index (κ1) is 22.8. The number of aromatic nitrogens is 3. The standard InChI is InChI=1S/C24H25N5O5/c1-4-33-23(30)21-15(2)25-24(31)26-22(21)16-8-10-19(11-9-16)34-14-17-13-29(28-27-17)18-6-5-7-20(12-18)32-3/h5-13,22H,4,14H2,1-3H3,(H2,25,26,31). The number of amides is 2. The molecule has 34 heavy (non-hydrogen) atoms. The summed E-state index contributed by atoms with van der Waals surface area (Å²) in [6, 6.07) is 13.6. The third-order valence-corrected chi connectivity index (χ3v) is 5.22. The van der Waals surface area contributed by atoms with Crippen LogP contribution in [0.3, 0.4) is 0 Å². The monoisotopic (exact) mass is 463 g/mol.